The van der Waals surface area contributed by atoms with Crippen LogP contribution in [0.3, 0.4) is 0 Å². The summed E-state index contributed by atoms with van der Waals surface area (Å²) in [5, 5.41) is 13.7. The number of anilines is 2. The SMILES string of the molecule is CC1(C(=O)NCC2CN(S(=O)(=O)c3ccc(F)c(Cl)c3)c3cc(NC(=O)O)ccc3O2)CCC1. The van der Waals surface area contributed by atoms with Crippen LogP contribution in [0.2, 0.25) is 5.02 Å². The average molecular weight is 512 g/mol. The Morgan fingerprint density at radius 2 is 2.00 bits per heavy atom. The van der Waals surface area contributed by atoms with E-state index in [9.17, 15) is 22.4 Å². The van der Waals surface area contributed by atoms with Gasteiger partial charge in [0.15, 0.2) is 0 Å². The number of amides is 2. The minimum Gasteiger partial charge on any atom is -0.484 e. The van der Waals surface area contributed by atoms with Gasteiger partial charge in [-0.2, -0.15) is 0 Å². The van der Waals surface area contributed by atoms with Crippen molar-refractivity contribution in [3.05, 3.63) is 47.2 Å². The number of sulfonamides is 1. The van der Waals surface area contributed by atoms with Crippen molar-refractivity contribution in [3.63, 3.8) is 0 Å². The van der Waals surface area contributed by atoms with Crippen LogP contribution in [0.25, 0.3) is 0 Å². The number of hydrogen-bond acceptors (Lipinski definition) is 5. The summed E-state index contributed by atoms with van der Waals surface area (Å²) in [5.41, 5.74) is -0.197. The van der Waals surface area contributed by atoms with Crippen molar-refractivity contribution >= 4 is 45.0 Å². The van der Waals surface area contributed by atoms with Crippen LogP contribution in [0.1, 0.15) is 26.2 Å². The van der Waals surface area contributed by atoms with Gasteiger partial charge in [0.2, 0.25) is 5.91 Å². The van der Waals surface area contributed by atoms with Crippen molar-refractivity contribution < 1.29 is 32.2 Å². The first-order valence-electron chi connectivity index (χ1n) is 10.6. The Balaban J connectivity index is 1.66. The Morgan fingerprint density at radius 3 is 2.62 bits per heavy atom. The molecule has 1 aliphatic heterocycles. The zero-order valence-electron chi connectivity index (χ0n) is 18.2. The Hall–Kier alpha value is -3.05. The summed E-state index contributed by atoms with van der Waals surface area (Å²) in [6.07, 6.45) is 0.526. The third-order valence-electron chi connectivity index (χ3n) is 6.12. The molecule has 1 fully saturated rings. The third-order valence-corrected chi connectivity index (χ3v) is 8.18. The van der Waals surface area contributed by atoms with Crippen molar-refractivity contribution in [2.45, 2.75) is 37.2 Å². The molecule has 0 saturated heterocycles. The van der Waals surface area contributed by atoms with Crippen LogP contribution in [-0.2, 0) is 14.8 Å². The first-order valence-corrected chi connectivity index (χ1v) is 12.4. The molecule has 1 unspecified atom stereocenters. The molecule has 2 aliphatic rings. The van der Waals surface area contributed by atoms with Gasteiger partial charge in [-0.25, -0.2) is 17.6 Å². The maximum absolute atomic E-state index is 13.6. The molecular formula is C22H23ClFN3O6S. The number of benzene rings is 2. The van der Waals surface area contributed by atoms with Crippen LogP contribution in [0.4, 0.5) is 20.6 Å². The molecule has 1 atom stereocenters. The summed E-state index contributed by atoms with van der Waals surface area (Å²) in [5.74, 6) is -0.692. The second kappa shape index (κ2) is 8.95. The number of fused-ring (bicyclic) bond motifs is 1. The van der Waals surface area contributed by atoms with Crippen LogP contribution < -0.4 is 19.7 Å². The molecule has 1 saturated carbocycles. The standard InChI is InChI=1S/C22H23ClFN3O6S/c1-22(7-2-8-22)20(28)25-11-14-12-27(34(31,32)15-4-5-17(24)16(23)10-15)18-9-13(26-21(29)30)3-6-19(18)33-14/h3-6,9-10,14,26H,2,7-8,11-12H2,1H3,(H,25,28)(H,29,30). The van der Waals surface area contributed by atoms with Crippen molar-refractivity contribution in [2.24, 2.45) is 5.41 Å². The molecule has 0 radical (unpaired) electrons. The summed E-state index contributed by atoms with van der Waals surface area (Å²) in [7, 11) is -4.24. The van der Waals surface area contributed by atoms with Crippen LogP contribution in [0.5, 0.6) is 5.75 Å². The van der Waals surface area contributed by atoms with E-state index >= 15 is 0 Å². The Kier molecular flexibility index (Phi) is 6.34. The maximum Gasteiger partial charge on any atom is 0.409 e. The molecule has 1 aliphatic carbocycles. The lowest BCUT2D eigenvalue weighted by molar-refractivity contribution is -0.134. The number of nitrogens with one attached hydrogen (secondary N) is 2. The maximum atomic E-state index is 13.6. The van der Waals surface area contributed by atoms with E-state index in [1.807, 2.05) is 6.92 Å². The molecule has 9 nitrogen and oxygen atoms in total. The van der Waals surface area contributed by atoms with Gasteiger partial charge >= 0.3 is 6.09 Å². The molecule has 2 amide bonds. The number of ether oxygens (including phenoxy) is 1. The van der Waals surface area contributed by atoms with E-state index in [0.717, 1.165) is 41.8 Å². The van der Waals surface area contributed by atoms with Gasteiger partial charge in [0, 0.05) is 11.1 Å². The Morgan fingerprint density at radius 1 is 1.26 bits per heavy atom. The van der Waals surface area contributed by atoms with E-state index in [4.69, 9.17) is 21.4 Å². The van der Waals surface area contributed by atoms with E-state index in [0.29, 0.717) is 0 Å². The van der Waals surface area contributed by atoms with Gasteiger partial charge in [0.05, 0.1) is 28.7 Å². The highest BCUT2D eigenvalue weighted by Crippen LogP contribution is 2.41. The second-order valence-corrected chi connectivity index (χ2v) is 10.9. The molecule has 34 heavy (non-hydrogen) atoms. The molecule has 12 heteroatoms. The van der Waals surface area contributed by atoms with E-state index < -0.39 is 33.5 Å². The minimum absolute atomic E-state index is 0.0686. The van der Waals surface area contributed by atoms with Gasteiger partial charge in [-0.3, -0.25) is 14.4 Å². The summed E-state index contributed by atoms with van der Waals surface area (Å²) < 4.78 is 47.6. The Labute approximate surface area is 200 Å². The van der Waals surface area contributed by atoms with Crippen molar-refractivity contribution in [1.82, 2.24) is 5.32 Å². The fourth-order valence-electron chi connectivity index (χ4n) is 3.97. The van der Waals surface area contributed by atoms with Gasteiger partial charge < -0.3 is 15.2 Å². The van der Waals surface area contributed by atoms with Crippen molar-refractivity contribution in [2.75, 3.05) is 22.7 Å². The molecule has 182 valence electrons. The summed E-state index contributed by atoms with van der Waals surface area (Å²) in [6, 6.07) is 7.27. The fourth-order valence-corrected chi connectivity index (χ4v) is 5.74. The molecule has 0 bridgehead atoms. The fraction of sp³-hybridized carbons (Fsp3) is 0.364. The Bertz CT molecular complexity index is 1250. The summed E-state index contributed by atoms with van der Waals surface area (Å²) in [6.45, 7) is 1.78. The van der Waals surface area contributed by atoms with Crippen LogP contribution >= 0.6 is 11.6 Å². The molecule has 3 N–H and O–H groups in total. The minimum atomic E-state index is -4.24. The predicted molar refractivity (Wildman–Crippen MR) is 123 cm³/mol. The number of carbonyl (C=O) groups excluding carboxylic acids is 1. The molecule has 0 spiro atoms. The van der Waals surface area contributed by atoms with Gasteiger partial charge in [-0.05, 0) is 49.2 Å². The van der Waals surface area contributed by atoms with Crippen molar-refractivity contribution in [1.29, 1.82) is 0 Å². The smallest absolute Gasteiger partial charge is 0.409 e. The van der Waals surface area contributed by atoms with Gasteiger partial charge in [-0.1, -0.05) is 24.9 Å². The molecular weight excluding hydrogens is 489 g/mol. The highest BCUT2D eigenvalue weighted by atomic mass is 35.5. The molecule has 2 aromatic rings. The highest BCUT2D eigenvalue weighted by molar-refractivity contribution is 7.92. The predicted octanol–water partition coefficient (Wildman–Crippen LogP) is 3.83. The highest BCUT2D eigenvalue weighted by Gasteiger charge is 2.40. The lowest BCUT2D eigenvalue weighted by Crippen LogP contribution is -2.51. The monoisotopic (exact) mass is 511 g/mol. The summed E-state index contributed by atoms with van der Waals surface area (Å²) in [4.78, 5) is 23.3. The number of nitrogens with zero attached hydrogens (tertiary/aromatic N) is 1. The van der Waals surface area contributed by atoms with Gasteiger partial charge in [0.1, 0.15) is 17.7 Å². The van der Waals surface area contributed by atoms with E-state index in [1.54, 1.807) is 0 Å². The van der Waals surface area contributed by atoms with Crippen molar-refractivity contribution in [3.8, 4) is 5.75 Å². The topological polar surface area (TPSA) is 125 Å². The van der Waals surface area contributed by atoms with Gasteiger partial charge in [0.25, 0.3) is 10.0 Å². The van der Waals surface area contributed by atoms with E-state index in [2.05, 4.69) is 10.6 Å². The lowest BCUT2D eigenvalue weighted by atomic mass is 9.70. The zero-order valence-corrected chi connectivity index (χ0v) is 19.7. The molecule has 4 rings (SSSR count). The number of halogens is 2. The average Bonchev–Trinajstić information content (AvgIpc) is 2.76. The lowest BCUT2D eigenvalue weighted by Gasteiger charge is -2.38. The third kappa shape index (κ3) is 4.62. The molecule has 2 aromatic carbocycles. The zero-order chi connectivity index (χ0) is 24.7. The van der Waals surface area contributed by atoms with Crippen LogP contribution in [0, 0.1) is 11.2 Å². The second-order valence-electron chi connectivity index (χ2n) is 8.59. The number of carboxylic acid groups (broad SMARTS) is 1. The largest absolute Gasteiger partial charge is 0.484 e. The summed E-state index contributed by atoms with van der Waals surface area (Å²) >= 11 is 5.81. The first kappa shape index (κ1) is 24.1. The van der Waals surface area contributed by atoms with E-state index in [1.165, 1.54) is 18.2 Å². The van der Waals surface area contributed by atoms with Gasteiger partial charge in [-0.15, -0.1) is 0 Å². The number of hydrogen-bond donors (Lipinski definition) is 3. The van der Waals surface area contributed by atoms with E-state index in [-0.39, 0.29) is 46.0 Å². The number of carbonyl (C=O) groups is 2. The quantitative estimate of drug-likeness (QED) is 0.541. The number of rotatable bonds is 6. The normalized spacial score (nSPS) is 18.8. The van der Waals surface area contributed by atoms with Crippen LogP contribution in [-0.4, -0.2) is 44.7 Å². The first-order chi connectivity index (χ1) is 16.0. The van der Waals surface area contributed by atoms with Crippen LogP contribution in [0.15, 0.2) is 41.3 Å². The molecule has 0 aromatic heterocycles. The molecule has 1 heterocycles.